The molecule has 0 spiro atoms. The first-order valence-electron chi connectivity index (χ1n) is 7.16. The van der Waals surface area contributed by atoms with E-state index >= 15 is 0 Å². The second-order valence-corrected chi connectivity index (χ2v) is 5.24. The van der Waals surface area contributed by atoms with Gasteiger partial charge in [-0.25, -0.2) is 4.39 Å². The van der Waals surface area contributed by atoms with Gasteiger partial charge in [0, 0.05) is 24.8 Å². The number of halogens is 1. The minimum atomic E-state index is -0.299. The van der Waals surface area contributed by atoms with Crippen LogP contribution in [0.5, 0.6) is 0 Å². The van der Waals surface area contributed by atoms with Gasteiger partial charge < -0.3 is 16.0 Å². The fraction of sp³-hybridized carbons (Fsp3) is 0.533. The molecule has 0 radical (unpaired) electrons. The van der Waals surface area contributed by atoms with E-state index in [1.54, 1.807) is 12.1 Å². The molecule has 1 aromatic carbocycles. The third-order valence-corrected chi connectivity index (χ3v) is 3.62. The number of primary amides is 1. The minimum absolute atomic E-state index is 0.241. The van der Waals surface area contributed by atoms with Gasteiger partial charge in [-0.3, -0.25) is 4.79 Å². The Labute approximate surface area is 119 Å². The first-order chi connectivity index (χ1) is 9.60. The van der Waals surface area contributed by atoms with Crippen molar-refractivity contribution in [2.24, 2.45) is 5.73 Å². The van der Waals surface area contributed by atoms with Gasteiger partial charge in [-0.2, -0.15) is 0 Å². The molecule has 4 nitrogen and oxygen atoms in total. The van der Waals surface area contributed by atoms with Gasteiger partial charge in [0.25, 0.3) is 0 Å². The van der Waals surface area contributed by atoms with E-state index in [-0.39, 0.29) is 17.8 Å². The molecular weight excluding hydrogens is 257 g/mol. The molecule has 1 aromatic rings. The Kier molecular flexibility index (Phi) is 4.95. The first kappa shape index (κ1) is 14.8. The fourth-order valence-corrected chi connectivity index (χ4v) is 2.25. The zero-order chi connectivity index (χ0) is 14.5. The van der Waals surface area contributed by atoms with Crippen molar-refractivity contribution in [1.82, 2.24) is 5.32 Å². The van der Waals surface area contributed by atoms with E-state index in [1.165, 1.54) is 12.1 Å². The molecule has 1 aliphatic carbocycles. The van der Waals surface area contributed by atoms with Gasteiger partial charge in [0.05, 0.1) is 6.04 Å². The first-order valence-corrected chi connectivity index (χ1v) is 7.16. The number of nitrogens with zero attached hydrogens (tertiary/aromatic N) is 1. The van der Waals surface area contributed by atoms with Crippen LogP contribution in [0.3, 0.4) is 0 Å². The van der Waals surface area contributed by atoms with Gasteiger partial charge in [0.1, 0.15) is 5.82 Å². The number of hydrogen-bond donors (Lipinski definition) is 2. The van der Waals surface area contributed by atoms with E-state index in [0.29, 0.717) is 12.5 Å². The lowest BCUT2D eigenvalue weighted by Gasteiger charge is -2.25. The molecule has 0 aromatic heterocycles. The number of nitrogens with one attached hydrogen (secondary N) is 1. The van der Waals surface area contributed by atoms with Crippen LogP contribution >= 0.6 is 0 Å². The average molecular weight is 279 g/mol. The lowest BCUT2D eigenvalue weighted by atomic mass is 10.1. The Morgan fingerprint density at radius 2 is 2.10 bits per heavy atom. The van der Waals surface area contributed by atoms with Crippen LogP contribution in [-0.4, -0.2) is 31.1 Å². The number of hydrogen-bond acceptors (Lipinski definition) is 3. The van der Waals surface area contributed by atoms with Crippen LogP contribution in [-0.2, 0) is 4.79 Å². The zero-order valence-electron chi connectivity index (χ0n) is 11.8. The fourth-order valence-electron chi connectivity index (χ4n) is 2.25. The number of anilines is 1. The summed E-state index contributed by atoms with van der Waals surface area (Å²) in [6.07, 6.45) is 2.91. The number of nitrogens with two attached hydrogens (primary N) is 1. The van der Waals surface area contributed by atoms with Crippen molar-refractivity contribution in [3.8, 4) is 0 Å². The molecule has 0 saturated heterocycles. The summed E-state index contributed by atoms with van der Waals surface area (Å²) < 4.78 is 12.9. The van der Waals surface area contributed by atoms with E-state index in [0.717, 1.165) is 31.6 Å². The van der Waals surface area contributed by atoms with Gasteiger partial charge in [-0.15, -0.1) is 0 Å². The van der Waals surface area contributed by atoms with Gasteiger partial charge in [0.15, 0.2) is 0 Å². The molecule has 20 heavy (non-hydrogen) atoms. The van der Waals surface area contributed by atoms with Crippen molar-refractivity contribution in [2.75, 3.05) is 18.0 Å². The number of benzene rings is 1. The standard InChI is InChI=1S/C15H22FN3O/c1-2-19(13-7-3-11(16)4-8-13)10-9-14(15(17)20)18-12-5-6-12/h3-4,7-8,12,14,18H,2,5-6,9-10H2,1H3,(H2,17,20). The maximum Gasteiger partial charge on any atom is 0.234 e. The number of carbonyl (C=O) groups is 1. The van der Waals surface area contributed by atoms with Crippen LogP contribution in [0, 0.1) is 5.82 Å². The summed E-state index contributed by atoms with van der Waals surface area (Å²) >= 11 is 0. The van der Waals surface area contributed by atoms with Gasteiger partial charge in [0.2, 0.25) is 5.91 Å². The molecule has 5 heteroatoms. The van der Waals surface area contributed by atoms with Crippen molar-refractivity contribution >= 4 is 11.6 Å². The number of amides is 1. The highest BCUT2D eigenvalue weighted by molar-refractivity contribution is 5.80. The van der Waals surface area contributed by atoms with Gasteiger partial charge in [-0.05, 0) is 50.5 Å². The Hall–Kier alpha value is -1.62. The molecule has 1 saturated carbocycles. The summed E-state index contributed by atoms with van der Waals surface area (Å²) in [5, 5.41) is 3.27. The van der Waals surface area contributed by atoms with Crippen LogP contribution in [0.4, 0.5) is 10.1 Å². The maximum absolute atomic E-state index is 12.9. The highest BCUT2D eigenvalue weighted by Gasteiger charge is 2.27. The van der Waals surface area contributed by atoms with Crippen LogP contribution in [0.25, 0.3) is 0 Å². The van der Waals surface area contributed by atoms with Crippen LogP contribution < -0.4 is 16.0 Å². The van der Waals surface area contributed by atoms with E-state index in [9.17, 15) is 9.18 Å². The molecule has 1 fully saturated rings. The molecule has 3 N–H and O–H groups in total. The Morgan fingerprint density at radius 1 is 1.45 bits per heavy atom. The highest BCUT2D eigenvalue weighted by Crippen LogP contribution is 2.20. The predicted molar refractivity (Wildman–Crippen MR) is 78.0 cm³/mol. The predicted octanol–water partition coefficient (Wildman–Crippen LogP) is 1.65. The van der Waals surface area contributed by atoms with Crippen LogP contribution in [0.2, 0.25) is 0 Å². The molecule has 2 rings (SSSR count). The summed E-state index contributed by atoms with van der Waals surface area (Å²) in [6, 6.07) is 6.59. The Balaban J connectivity index is 1.91. The quantitative estimate of drug-likeness (QED) is 0.760. The largest absolute Gasteiger partial charge is 0.372 e. The normalized spacial score (nSPS) is 15.9. The summed E-state index contributed by atoms with van der Waals surface area (Å²) in [5.41, 5.74) is 6.39. The third-order valence-electron chi connectivity index (χ3n) is 3.62. The topological polar surface area (TPSA) is 58.4 Å². The Morgan fingerprint density at radius 3 is 2.60 bits per heavy atom. The molecule has 1 atom stereocenters. The lowest BCUT2D eigenvalue weighted by molar-refractivity contribution is -0.120. The smallest absolute Gasteiger partial charge is 0.234 e. The molecule has 1 unspecified atom stereocenters. The van der Waals surface area contributed by atoms with Gasteiger partial charge in [-0.1, -0.05) is 0 Å². The van der Waals surface area contributed by atoms with Crippen molar-refractivity contribution in [2.45, 2.75) is 38.3 Å². The summed E-state index contributed by atoms with van der Waals surface area (Å²) in [6.45, 7) is 3.56. The third kappa shape index (κ3) is 4.20. The molecule has 0 bridgehead atoms. The van der Waals surface area contributed by atoms with Crippen LogP contribution in [0.1, 0.15) is 26.2 Å². The second kappa shape index (κ2) is 6.70. The van der Waals surface area contributed by atoms with E-state index in [2.05, 4.69) is 10.2 Å². The number of rotatable bonds is 8. The van der Waals surface area contributed by atoms with Crippen molar-refractivity contribution in [3.63, 3.8) is 0 Å². The van der Waals surface area contributed by atoms with Crippen molar-refractivity contribution in [3.05, 3.63) is 30.1 Å². The van der Waals surface area contributed by atoms with E-state index in [4.69, 9.17) is 5.73 Å². The second-order valence-electron chi connectivity index (χ2n) is 5.24. The monoisotopic (exact) mass is 279 g/mol. The number of carbonyl (C=O) groups excluding carboxylic acids is 1. The molecule has 0 heterocycles. The van der Waals surface area contributed by atoms with Gasteiger partial charge >= 0.3 is 0 Å². The molecule has 0 aliphatic heterocycles. The molecule has 1 amide bonds. The van der Waals surface area contributed by atoms with E-state index < -0.39 is 0 Å². The maximum atomic E-state index is 12.9. The highest BCUT2D eigenvalue weighted by atomic mass is 19.1. The van der Waals surface area contributed by atoms with E-state index in [1.807, 2.05) is 6.92 Å². The molecule has 110 valence electrons. The van der Waals surface area contributed by atoms with Crippen molar-refractivity contribution < 1.29 is 9.18 Å². The molecular formula is C15H22FN3O. The zero-order valence-corrected chi connectivity index (χ0v) is 11.8. The average Bonchev–Trinajstić information content (AvgIpc) is 3.23. The minimum Gasteiger partial charge on any atom is -0.372 e. The van der Waals surface area contributed by atoms with Crippen LogP contribution in [0.15, 0.2) is 24.3 Å². The molecule has 1 aliphatic rings. The summed E-state index contributed by atoms with van der Waals surface area (Å²) in [4.78, 5) is 13.6. The summed E-state index contributed by atoms with van der Waals surface area (Å²) in [5.74, 6) is -0.540. The lowest BCUT2D eigenvalue weighted by Crippen LogP contribution is -2.44. The van der Waals surface area contributed by atoms with Crippen molar-refractivity contribution in [1.29, 1.82) is 0 Å². The SMILES string of the molecule is CCN(CCC(NC1CC1)C(N)=O)c1ccc(F)cc1. The summed E-state index contributed by atoms with van der Waals surface area (Å²) in [7, 11) is 0. The Bertz CT molecular complexity index is 445.